The second-order valence-electron chi connectivity index (χ2n) is 9.66. The summed E-state index contributed by atoms with van der Waals surface area (Å²) in [5.74, 6) is 0. The lowest BCUT2D eigenvalue weighted by molar-refractivity contribution is -0.230. The Hall–Kier alpha value is -1.80. The van der Waals surface area contributed by atoms with Gasteiger partial charge in [0.25, 0.3) is 0 Å². The van der Waals surface area contributed by atoms with Crippen LogP contribution in [0.2, 0.25) is 0 Å². The van der Waals surface area contributed by atoms with Crippen molar-refractivity contribution in [3.8, 4) is 0 Å². The molecule has 6 heteroatoms. The Bertz CT molecular complexity index is 929. The smallest absolute Gasteiger partial charge is 0.126 e. The number of aliphatic hydroxyl groups is 6. The van der Waals surface area contributed by atoms with Crippen molar-refractivity contribution in [3.05, 3.63) is 69.8 Å². The van der Waals surface area contributed by atoms with Crippen molar-refractivity contribution in [3.63, 3.8) is 0 Å². The SMILES string of the molecule is CCCC(O)(Cc1cc(C)ccc1C)[C@@H](O)[C@@](O)(Cc1cc(C)ccc1C)[C@H](O)[C@@H](O)CO. The van der Waals surface area contributed by atoms with E-state index < -0.39 is 36.1 Å². The summed E-state index contributed by atoms with van der Waals surface area (Å²) in [6.07, 6.45) is -4.85. The minimum absolute atomic E-state index is 0.0621. The van der Waals surface area contributed by atoms with E-state index in [9.17, 15) is 30.6 Å². The van der Waals surface area contributed by atoms with Gasteiger partial charge in [0.15, 0.2) is 0 Å². The Morgan fingerprint density at radius 2 is 1.27 bits per heavy atom. The van der Waals surface area contributed by atoms with Gasteiger partial charge in [0, 0.05) is 12.8 Å². The lowest BCUT2D eigenvalue weighted by Gasteiger charge is -2.46. The zero-order valence-corrected chi connectivity index (χ0v) is 20.4. The van der Waals surface area contributed by atoms with Crippen LogP contribution in [0.4, 0.5) is 0 Å². The Balaban J connectivity index is 2.58. The molecule has 2 rings (SSSR count). The monoisotopic (exact) mass is 460 g/mol. The molecule has 2 aromatic rings. The largest absolute Gasteiger partial charge is 0.394 e. The lowest BCUT2D eigenvalue weighted by Crippen LogP contribution is -2.66. The predicted molar refractivity (Wildman–Crippen MR) is 129 cm³/mol. The molecule has 0 bridgehead atoms. The van der Waals surface area contributed by atoms with Gasteiger partial charge in [-0.15, -0.1) is 0 Å². The first-order valence-electron chi connectivity index (χ1n) is 11.6. The zero-order valence-electron chi connectivity index (χ0n) is 20.4. The van der Waals surface area contributed by atoms with Gasteiger partial charge in [-0.3, -0.25) is 0 Å². The number of hydrogen-bond donors (Lipinski definition) is 6. The summed E-state index contributed by atoms with van der Waals surface area (Å²) in [4.78, 5) is 0. The Morgan fingerprint density at radius 1 is 0.788 bits per heavy atom. The van der Waals surface area contributed by atoms with Crippen LogP contribution in [0.25, 0.3) is 0 Å². The van der Waals surface area contributed by atoms with E-state index in [1.54, 1.807) is 0 Å². The van der Waals surface area contributed by atoms with Crippen molar-refractivity contribution in [2.24, 2.45) is 0 Å². The molecule has 6 N–H and O–H groups in total. The highest BCUT2D eigenvalue weighted by Crippen LogP contribution is 2.36. The predicted octanol–water partition coefficient (Wildman–Crippen LogP) is 2.04. The number of rotatable bonds is 11. The van der Waals surface area contributed by atoms with Gasteiger partial charge in [0.2, 0.25) is 0 Å². The molecule has 0 aliphatic rings. The summed E-state index contributed by atoms with van der Waals surface area (Å²) in [5.41, 5.74) is 1.12. The molecule has 0 heterocycles. The third-order valence-electron chi connectivity index (χ3n) is 6.71. The minimum Gasteiger partial charge on any atom is -0.394 e. The molecule has 0 aliphatic carbocycles. The van der Waals surface area contributed by atoms with Crippen molar-refractivity contribution in [1.82, 2.24) is 0 Å². The average molecular weight is 461 g/mol. The molecular formula is C27H40O6. The molecule has 1 unspecified atom stereocenters. The highest BCUT2D eigenvalue weighted by atomic mass is 16.4. The second-order valence-corrected chi connectivity index (χ2v) is 9.66. The maximum atomic E-state index is 11.8. The molecule has 0 aromatic heterocycles. The number of hydrogen-bond acceptors (Lipinski definition) is 6. The molecule has 0 fully saturated rings. The normalized spacial score (nSPS) is 18.3. The fourth-order valence-corrected chi connectivity index (χ4v) is 4.63. The highest BCUT2D eigenvalue weighted by molar-refractivity contribution is 5.34. The molecule has 0 saturated heterocycles. The molecule has 33 heavy (non-hydrogen) atoms. The van der Waals surface area contributed by atoms with E-state index in [1.165, 1.54) is 0 Å². The molecule has 0 spiro atoms. The van der Waals surface area contributed by atoms with Crippen molar-refractivity contribution in [2.75, 3.05) is 6.61 Å². The van der Waals surface area contributed by atoms with Gasteiger partial charge in [-0.1, -0.05) is 60.9 Å². The van der Waals surface area contributed by atoms with E-state index in [2.05, 4.69) is 0 Å². The number of benzene rings is 2. The van der Waals surface area contributed by atoms with E-state index in [0.29, 0.717) is 12.0 Å². The van der Waals surface area contributed by atoms with Crippen LogP contribution in [0.3, 0.4) is 0 Å². The number of aliphatic hydroxyl groups excluding tert-OH is 4. The van der Waals surface area contributed by atoms with Gasteiger partial charge in [-0.25, -0.2) is 0 Å². The van der Waals surface area contributed by atoms with Crippen LogP contribution < -0.4 is 0 Å². The summed E-state index contributed by atoms with van der Waals surface area (Å²) in [6.45, 7) is 8.67. The van der Waals surface area contributed by atoms with E-state index in [1.807, 2.05) is 71.0 Å². The fraction of sp³-hybridized carbons (Fsp3) is 0.556. The van der Waals surface area contributed by atoms with Crippen LogP contribution in [0.15, 0.2) is 36.4 Å². The Morgan fingerprint density at radius 3 is 1.73 bits per heavy atom. The Kier molecular flexibility index (Phi) is 9.22. The second kappa shape index (κ2) is 11.1. The van der Waals surface area contributed by atoms with Crippen LogP contribution >= 0.6 is 0 Å². The van der Waals surface area contributed by atoms with Gasteiger partial charge in [-0.2, -0.15) is 0 Å². The van der Waals surface area contributed by atoms with Crippen molar-refractivity contribution >= 4 is 0 Å². The molecule has 2 aromatic carbocycles. The molecule has 0 amide bonds. The molecule has 0 aliphatic heterocycles. The fourth-order valence-electron chi connectivity index (χ4n) is 4.63. The third kappa shape index (κ3) is 6.21. The van der Waals surface area contributed by atoms with Crippen LogP contribution in [0, 0.1) is 27.7 Å². The van der Waals surface area contributed by atoms with Crippen molar-refractivity contribution in [2.45, 2.75) is 89.8 Å². The molecule has 0 saturated carbocycles. The van der Waals surface area contributed by atoms with Gasteiger partial charge in [0.05, 0.1) is 12.2 Å². The first-order chi connectivity index (χ1) is 15.4. The Labute approximate surface area is 197 Å². The van der Waals surface area contributed by atoms with E-state index in [4.69, 9.17) is 0 Å². The highest BCUT2D eigenvalue weighted by Gasteiger charge is 2.54. The van der Waals surface area contributed by atoms with E-state index in [-0.39, 0.29) is 19.3 Å². The summed E-state index contributed by atoms with van der Waals surface area (Å²) in [5, 5.41) is 65.6. The molecule has 184 valence electrons. The van der Waals surface area contributed by atoms with Gasteiger partial charge in [-0.05, 0) is 56.4 Å². The number of aryl methyl sites for hydroxylation is 4. The summed E-state index contributed by atoms with van der Waals surface area (Å²) in [7, 11) is 0. The van der Waals surface area contributed by atoms with Crippen LogP contribution in [0.5, 0.6) is 0 Å². The molecule has 6 nitrogen and oxygen atoms in total. The van der Waals surface area contributed by atoms with Crippen LogP contribution in [0.1, 0.15) is 53.1 Å². The topological polar surface area (TPSA) is 121 Å². The van der Waals surface area contributed by atoms with Crippen LogP contribution in [-0.4, -0.2) is 66.8 Å². The maximum absolute atomic E-state index is 11.8. The molecular weight excluding hydrogens is 420 g/mol. The van der Waals surface area contributed by atoms with E-state index in [0.717, 1.165) is 27.8 Å². The summed E-state index contributed by atoms with van der Waals surface area (Å²) >= 11 is 0. The molecule has 0 radical (unpaired) electrons. The zero-order chi connectivity index (χ0) is 25.0. The standard InChI is InChI=1S/C27H40O6/c1-6-11-26(32,14-21-12-17(2)7-9-19(21)4)25(31)27(33,24(30)23(29)16-28)15-22-13-18(3)8-10-20(22)5/h7-10,12-13,23-25,28-33H,6,11,14-16H2,1-5H3/t23-,24+,25+,26?,27+/m0/s1. The van der Waals surface area contributed by atoms with Gasteiger partial charge < -0.3 is 30.6 Å². The first-order valence-corrected chi connectivity index (χ1v) is 11.6. The van der Waals surface area contributed by atoms with Crippen LogP contribution in [-0.2, 0) is 12.8 Å². The van der Waals surface area contributed by atoms with E-state index >= 15 is 0 Å². The lowest BCUT2D eigenvalue weighted by atomic mass is 9.71. The quantitative estimate of drug-likeness (QED) is 0.305. The maximum Gasteiger partial charge on any atom is 0.126 e. The third-order valence-corrected chi connectivity index (χ3v) is 6.71. The minimum atomic E-state index is -2.32. The van der Waals surface area contributed by atoms with Gasteiger partial charge in [0.1, 0.15) is 23.9 Å². The summed E-state index contributed by atoms with van der Waals surface area (Å²) in [6, 6.07) is 11.5. The average Bonchev–Trinajstić information content (AvgIpc) is 2.77. The first kappa shape index (κ1) is 27.4. The van der Waals surface area contributed by atoms with Crippen molar-refractivity contribution in [1.29, 1.82) is 0 Å². The molecule has 5 atom stereocenters. The summed E-state index contributed by atoms with van der Waals surface area (Å²) < 4.78 is 0. The van der Waals surface area contributed by atoms with Crippen molar-refractivity contribution < 1.29 is 30.6 Å². The van der Waals surface area contributed by atoms with Gasteiger partial charge >= 0.3 is 0 Å².